The number of rotatable bonds is 1. The molecule has 160 valence electrons. The predicted molar refractivity (Wildman–Crippen MR) is 126 cm³/mol. The Balaban J connectivity index is 1.45. The Morgan fingerprint density at radius 2 is 1.61 bits per heavy atom. The van der Waals surface area contributed by atoms with E-state index in [1.165, 1.54) is 16.3 Å². The van der Waals surface area contributed by atoms with Gasteiger partial charge >= 0.3 is 0 Å². The number of nitrogens with zero attached hydrogens (tertiary/aromatic N) is 2. The third-order valence-corrected chi connectivity index (χ3v) is 7.93. The van der Waals surface area contributed by atoms with E-state index in [9.17, 15) is 5.11 Å². The first-order chi connectivity index (χ1) is 16.2. The summed E-state index contributed by atoms with van der Waals surface area (Å²) in [6.07, 6.45) is 1.53. The van der Waals surface area contributed by atoms with Gasteiger partial charge in [0.2, 0.25) is 5.79 Å². The molecule has 4 aromatic rings. The second-order valence-electron chi connectivity index (χ2n) is 9.38. The topological polar surface area (TPSA) is 54.1 Å². The van der Waals surface area contributed by atoms with Crippen molar-refractivity contribution < 1.29 is 19.2 Å². The van der Waals surface area contributed by atoms with Gasteiger partial charge in [-0.3, -0.25) is 0 Å². The number of benzene rings is 4. The SMILES string of the molecule is COC1(O)C2c3ccc4ccccc4c3C3=[N+](C=NC4Oc5c(ccc6ccccc56)C34)C21. The van der Waals surface area contributed by atoms with Gasteiger partial charge in [0.15, 0.2) is 6.04 Å². The highest BCUT2D eigenvalue weighted by Crippen LogP contribution is 2.60. The number of aliphatic imine (C=N–C) groups is 1. The van der Waals surface area contributed by atoms with Crippen molar-refractivity contribution >= 4 is 33.6 Å². The number of hydrogen-bond donors (Lipinski definition) is 1. The van der Waals surface area contributed by atoms with Gasteiger partial charge < -0.3 is 14.6 Å². The largest absolute Gasteiger partial charge is 0.446 e. The zero-order valence-electron chi connectivity index (χ0n) is 18.0. The number of aliphatic hydroxyl groups is 1. The van der Waals surface area contributed by atoms with Crippen LogP contribution in [0.2, 0.25) is 0 Å². The van der Waals surface area contributed by atoms with Gasteiger partial charge in [-0.1, -0.05) is 72.8 Å². The average Bonchev–Trinajstić information content (AvgIpc) is 3.31. The van der Waals surface area contributed by atoms with Crippen LogP contribution in [-0.2, 0) is 4.74 Å². The van der Waals surface area contributed by atoms with Crippen molar-refractivity contribution in [1.82, 2.24) is 0 Å². The monoisotopic (exact) mass is 433 g/mol. The summed E-state index contributed by atoms with van der Waals surface area (Å²) in [6, 6.07) is 25.2. The van der Waals surface area contributed by atoms with Crippen LogP contribution in [0.3, 0.4) is 0 Å². The molecule has 5 nitrogen and oxygen atoms in total. The predicted octanol–water partition coefficient (Wildman–Crippen LogP) is 4.15. The maximum absolute atomic E-state index is 11.4. The first-order valence-electron chi connectivity index (χ1n) is 11.4. The lowest BCUT2D eigenvalue weighted by atomic mass is 9.81. The minimum atomic E-state index is -1.23. The van der Waals surface area contributed by atoms with E-state index in [4.69, 9.17) is 14.5 Å². The fourth-order valence-corrected chi connectivity index (χ4v) is 6.41. The molecule has 33 heavy (non-hydrogen) atoms. The van der Waals surface area contributed by atoms with Crippen LogP contribution in [0.5, 0.6) is 5.75 Å². The number of fused-ring (bicyclic) bond motifs is 13. The minimum Gasteiger partial charge on any atom is -0.446 e. The number of hydrogen-bond acceptors (Lipinski definition) is 4. The van der Waals surface area contributed by atoms with Crippen LogP contribution in [0, 0.1) is 0 Å². The Labute approximate surface area is 190 Å². The van der Waals surface area contributed by atoms with E-state index in [1.54, 1.807) is 7.11 Å². The van der Waals surface area contributed by atoms with Gasteiger partial charge in [0.1, 0.15) is 17.4 Å². The number of ether oxygens (including phenoxy) is 2. The third-order valence-electron chi connectivity index (χ3n) is 7.93. The molecule has 1 N–H and O–H groups in total. The van der Waals surface area contributed by atoms with Crippen LogP contribution in [-0.4, -0.2) is 46.9 Å². The van der Waals surface area contributed by atoms with Crippen LogP contribution in [0.1, 0.15) is 28.5 Å². The van der Waals surface area contributed by atoms with Gasteiger partial charge in [-0.2, -0.15) is 0 Å². The Morgan fingerprint density at radius 1 is 0.909 bits per heavy atom. The molecule has 5 unspecified atom stereocenters. The van der Waals surface area contributed by atoms with Crippen molar-refractivity contribution in [2.24, 2.45) is 4.99 Å². The summed E-state index contributed by atoms with van der Waals surface area (Å²) in [5, 5.41) is 16.0. The summed E-state index contributed by atoms with van der Waals surface area (Å²) in [5.74, 6) is -0.492. The quantitative estimate of drug-likeness (QED) is 0.362. The highest BCUT2D eigenvalue weighted by molar-refractivity contribution is 6.16. The van der Waals surface area contributed by atoms with Crippen LogP contribution in [0.15, 0.2) is 77.8 Å². The Hall–Kier alpha value is -3.54. The lowest BCUT2D eigenvalue weighted by Crippen LogP contribution is -2.41. The molecular weight excluding hydrogens is 412 g/mol. The molecule has 0 amide bonds. The lowest BCUT2D eigenvalue weighted by molar-refractivity contribution is -0.444. The standard InChI is InChI=1S/C28H21N2O3/c1-32-28(31)23-19-12-10-15-6-2-4-8-17(15)21(19)24-22-20-13-11-16-7-3-5-9-18(16)25(20)33-27(22)29-14-30(24)26(23)28/h2-14,22-23,26-27,31H,1H3/q+1. The summed E-state index contributed by atoms with van der Waals surface area (Å²) in [7, 11) is 1.59. The third kappa shape index (κ3) is 2.06. The maximum atomic E-state index is 11.4. The summed E-state index contributed by atoms with van der Waals surface area (Å²) >= 11 is 0. The normalized spacial score (nSPS) is 30.4. The molecule has 1 aliphatic carbocycles. The van der Waals surface area contributed by atoms with E-state index in [2.05, 4.69) is 65.2 Å². The molecule has 5 atom stereocenters. The van der Waals surface area contributed by atoms with E-state index in [-0.39, 0.29) is 24.1 Å². The molecule has 3 aliphatic heterocycles. The number of methoxy groups -OCH3 is 1. The fraction of sp³-hybridized carbons (Fsp3) is 0.214. The average molecular weight is 433 g/mol. The molecule has 4 aromatic carbocycles. The molecule has 0 aromatic heterocycles. The molecule has 3 heterocycles. The van der Waals surface area contributed by atoms with E-state index >= 15 is 0 Å². The lowest BCUT2D eigenvalue weighted by Gasteiger charge is -2.26. The van der Waals surface area contributed by atoms with Crippen molar-refractivity contribution in [3.8, 4) is 5.75 Å². The summed E-state index contributed by atoms with van der Waals surface area (Å²) in [4.78, 5) is 4.82. The molecule has 5 heteroatoms. The zero-order valence-corrected chi connectivity index (χ0v) is 18.0. The van der Waals surface area contributed by atoms with Crippen LogP contribution in [0.4, 0.5) is 0 Å². The highest BCUT2D eigenvalue weighted by Gasteiger charge is 2.74. The molecular formula is C28H21N2O3+. The van der Waals surface area contributed by atoms with Crippen LogP contribution < -0.4 is 4.74 Å². The van der Waals surface area contributed by atoms with Crippen LogP contribution in [0.25, 0.3) is 21.5 Å². The van der Waals surface area contributed by atoms with Crippen LogP contribution >= 0.6 is 0 Å². The molecule has 8 rings (SSSR count). The van der Waals surface area contributed by atoms with E-state index in [0.717, 1.165) is 33.4 Å². The highest BCUT2D eigenvalue weighted by atomic mass is 16.6. The van der Waals surface area contributed by atoms with Gasteiger partial charge in [-0.05, 0) is 26.7 Å². The van der Waals surface area contributed by atoms with Gasteiger partial charge in [0, 0.05) is 23.6 Å². The molecule has 4 aliphatic rings. The van der Waals surface area contributed by atoms with Gasteiger partial charge in [-0.15, -0.1) is 0 Å². The molecule has 1 saturated carbocycles. The zero-order chi connectivity index (χ0) is 21.9. The molecule has 0 saturated heterocycles. The maximum Gasteiger partial charge on any atom is 0.293 e. The van der Waals surface area contributed by atoms with Gasteiger partial charge in [0.25, 0.3) is 12.6 Å². The Bertz CT molecular complexity index is 1590. The molecule has 1 fully saturated rings. The van der Waals surface area contributed by atoms with E-state index in [1.807, 2.05) is 18.5 Å². The summed E-state index contributed by atoms with van der Waals surface area (Å²) in [5.41, 5.74) is 4.60. The second kappa shape index (κ2) is 5.87. The van der Waals surface area contributed by atoms with Gasteiger partial charge in [-0.25, -0.2) is 4.58 Å². The van der Waals surface area contributed by atoms with E-state index in [0.29, 0.717) is 0 Å². The Kier molecular flexibility index (Phi) is 3.19. The van der Waals surface area contributed by atoms with Gasteiger partial charge in [0.05, 0.1) is 5.92 Å². The van der Waals surface area contributed by atoms with Crippen molar-refractivity contribution in [2.75, 3.05) is 7.11 Å². The van der Waals surface area contributed by atoms with E-state index < -0.39 is 5.79 Å². The minimum absolute atomic E-state index is 0.0539. The Morgan fingerprint density at radius 3 is 2.39 bits per heavy atom. The smallest absolute Gasteiger partial charge is 0.293 e. The molecule has 0 radical (unpaired) electrons. The molecule has 0 bridgehead atoms. The van der Waals surface area contributed by atoms with Crippen molar-refractivity contribution in [2.45, 2.75) is 29.9 Å². The fourth-order valence-electron chi connectivity index (χ4n) is 6.41. The second-order valence-corrected chi connectivity index (χ2v) is 9.38. The molecule has 0 spiro atoms. The van der Waals surface area contributed by atoms with Crippen molar-refractivity contribution in [3.63, 3.8) is 0 Å². The summed E-state index contributed by atoms with van der Waals surface area (Å²) in [6.45, 7) is 0. The first kappa shape index (κ1) is 18.0. The van der Waals surface area contributed by atoms with Crippen molar-refractivity contribution in [1.29, 1.82) is 0 Å². The first-order valence-corrected chi connectivity index (χ1v) is 11.4. The van der Waals surface area contributed by atoms with Crippen molar-refractivity contribution in [3.05, 3.63) is 89.5 Å². The summed E-state index contributed by atoms with van der Waals surface area (Å²) < 4.78 is 14.3.